The maximum absolute atomic E-state index is 3.32. The molecule has 0 aromatic carbocycles. The van der Waals surface area contributed by atoms with Crippen molar-refractivity contribution in [3.05, 3.63) is 0 Å². The van der Waals surface area contributed by atoms with Gasteiger partial charge in [0.25, 0.3) is 0 Å². The van der Waals surface area contributed by atoms with Gasteiger partial charge < -0.3 is 10.2 Å². The lowest BCUT2D eigenvalue weighted by atomic mass is 10.0. The lowest BCUT2D eigenvalue weighted by Crippen LogP contribution is -2.26. The van der Waals surface area contributed by atoms with Crippen molar-refractivity contribution in [2.75, 3.05) is 33.2 Å². The zero-order valence-corrected chi connectivity index (χ0v) is 13.9. The topological polar surface area (TPSA) is 15.3 Å². The van der Waals surface area contributed by atoms with Crippen LogP contribution in [-0.2, 0) is 0 Å². The van der Waals surface area contributed by atoms with Gasteiger partial charge in [0.2, 0.25) is 0 Å². The highest BCUT2D eigenvalue weighted by Gasteiger charge is 2.05. The van der Waals surface area contributed by atoms with Crippen LogP contribution in [0, 0.1) is 5.92 Å². The van der Waals surface area contributed by atoms with Crippen molar-refractivity contribution < 1.29 is 0 Å². The predicted molar refractivity (Wildman–Crippen MR) is 85.3 cm³/mol. The molecule has 0 saturated carbocycles. The maximum Gasteiger partial charge on any atom is -0.00218 e. The SMILES string of the molecule is CC.CC.CC1CCNCC1.CN1CCCCC1. The van der Waals surface area contributed by atoms with Gasteiger partial charge in [0.05, 0.1) is 0 Å². The number of rotatable bonds is 0. The van der Waals surface area contributed by atoms with Crippen molar-refractivity contribution in [1.82, 2.24) is 10.2 Å². The van der Waals surface area contributed by atoms with E-state index in [1.165, 1.54) is 58.3 Å². The number of hydrogen-bond acceptors (Lipinski definition) is 2. The van der Waals surface area contributed by atoms with Gasteiger partial charge in [0.1, 0.15) is 0 Å². The molecule has 0 spiro atoms. The summed E-state index contributed by atoms with van der Waals surface area (Å²) in [4.78, 5) is 2.39. The van der Waals surface area contributed by atoms with E-state index in [4.69, 9.17) is 0 Å². The Balaban J connectivity index is 0. The van der Waals surface area contributed by atoms with Crippen LogP contribution in [0.25, 0.3) is 0 Å². The van der Waals surface area contributed by atoms with E-state index in [-0.39, 0.29) is 0 Å². The molecule has 0 aromatic rings. The van der Waals surface area contributed by atoms with Crippen LogP contribution in [0.3, 0.4) is 0 Å². The lowest BCUT2D eigenvalue weighted by Gasteiger charge is -2.20. The first-order chi connectivity index (χ1) is 8.79. The quantitative estimate of drug-likeness (QED) is 0.702. The van der Waals surface area contributed by atoms with Gasteiger partial charge in [0, 0.05) is 0 Å². The fraction of sp³-hybridized carbons (Fsp3) is 1.00. The Morgan fingerprint density at radius 1 is 0.833 bits per heavy atom. The van der Waals surface area contributed by atoms with Crippen LogP contribution in [0.4, 0.5) is 0 Å². The first kappa shape index (κ1) is 20.2. The van der Waals surface area contributed by atoms with E-state index >= 15 is 0 Å². The molecule has 2 aliphatic heterocycles. The van der Waals surface area contributed by atoms with Gasteiger partial charge >= 0.3 is 0 Å². The minimum Gasteiger partial charge on any atom is -0.317 e. The second kappa shape index (κ2) is 16.9. The number of hydrogen-bond donors (Lipinski definition) is 1. The minimum atomic E-state index is 0.973. The van der Waals surface area contributed by atoms with E-state index in [2.05, 4.69) is 24.2 Å². The van der Waals surface area contributed by atoms with E-state index in [1.807, 2.05) is 27.7 Å². The molecule has 2 heterocycles. The average Bonchev–Trinajstić information content (AvgIpc) is 2.46. The average molecular weight is 258 g/mol. The molecular weight excluding hydrogens is 220 g/mol. The van der Waals surface area contributed by atoms with Crippen LogP contribution in [0.15, 0.2) is 0 Å². The maximum atomic E-state index is 3.32. The molecule has 18 heavy (non-hydrogen) atoms. The zero-order valence-electron chi connectivity index (χ0n) is 13.9. The van der Waals surface area contributed by atoms with E-state index in [0.717, 1.165) is 5.92 Å². The Morgan fingerprint density at radius 2 is 1.28 bits per heavy atom. The molecule has 0 radical (unpaired) electrons. The summed E-state index contributed by atoms with van der Waals surface area (Å²) in [5.74, 6) is 0.973. The van der Waals surface area contributed by atoms with Gasteiger partial charge in [-0.25, -0.2) is 0 Å². The molecular formula is C16H38N2. The summed E-state index contributed by atoms with van der Waals surface area (Å²) >= 11 is 0. The molecule has 2 nitrogen and oxygen atoms in total. The normalized spacial score (nSPS) is 20.3. The highest BCUT2D eigenvalue weighted by molar-refractivity contribution is 4.63. The Morgan fingerprint density at radius 3 is 1.50 bits per heavy atom. The van der Waals surface area contributed by atoms with Crippen LogP contribution in [0.5, 0.6) is 0 Å². The Labute approximate surface area is 117 Å². The van der Waals surface area contributed by atoms with Gasteiger partial charge in [-0.15, -0.1) is 0 Å². The van der Waals surface area contributed by atoms with Gasteiger partial charge in [0.15, 0.2) is 0 Å². The Kier molecular flexibility index (Phi) is 19.0. The molecule has 2 fully saturated rings. The standard InChI is InChI=1S/2C6H13N.2C2H6/c1-6-2-4-7-5-3-6;1-7-5-3-2-4-6-7;2*1-2/h6-7H,2-5H2,1H3;2-6H2,1H3;2*1-2H3. The minimum absolute atomic E-state index is 0.973. The predicted octanol–water partition coefficient (Wildman–Crippen LogP) is 4.16. The molecule has 0 amide bonds. The van der Waals surface area contributed by atoms with E-state index in [9.17, 15) is 0 Å². The molecule has 0 atom stereocenters. The second-order valence-electron chi connectivity index (χ2n) is 4.80. The molecule has 2 heteroatoms. The summed E-state index contributed by atoms with van der Waals surface area (Å²) in [7, 11) is 2.19. The fourth-order valence-corrected chi connectivity index (χ4v) is 2.02. The molecule has 2 aliphatic rings. The smallest absolute Gasteiger partial charge is 0.00218 e. The first-order valence-electron chi connectivity index (χ1n) is 8.18. The summed E-state index contributed by atoms with van der Waals surface area (Å²) in [5.41, 5.74) is 0. The molecule has 0 aliphatic carbocycles. The van der Waals surface area contributed by atoms with E-state index < -0.39 is 0 Å². The molecule has 2 saturated heterocycles. The van der Waals surface area contributed by atoms with Crippen molar-refractivity contribution in [1.29, 1.82) is 0 Å². The fourth-order valence-electron chi connectivity index (χ4n) is 2.02. The van der Waals surface area contributed by atoms with Crippen LogP contribution in [-0.4, -0.2) is 38.1 Å². The summed E-state index contributed by atoms with van der Waals surface area (Å²) in [6.07, 6.45) is 7.03. The number of nitrogens with zero attached hydrogens (tertiary/aromatic N) is 1. The largest absolute Gasteiger partial charge is 0.317 e. The summed E-state index contributed by atoms with van der Waals surface area (Å²) < 4.78 is 0. The van der Waals surface area contributed by atoms with Crippen molar-refractivity contribution in [2.45, 2.75) is 66.7 Å². The third-order valence-electron chi connectivity index (χ3n) is 3.21. The summed E-state index contributed by atoms with van der Waals surface area (Å²) in [6.45, 7) is 15.4. The highest BCUT2D eigenvalue weighted by atomic mass is 15.1. The molecule has 0 aromatic heterocycles. The van der Waals surface area contributed by atoms with Gasteiger partial charge in [-0.05, 0) is 64.8 Å². The van der Waals surface area contributed by atoms with Crippen LogP contribution < -0.4 is 5.32 Å². The Bertz CT molecular complexity index is 109. The van der Waals surface area contributed by atoms with Crippen molar-refractivity contribution in [3.63, 3.8) is 0 Å². The van der Waals surface area contributed by atoms with Gasteiger partial charge in [-0.3, -0.25) is 0 Å². The van der Waals surface area contributed by atoms with Crippen molar-refractivity contribution in [3.8, 4) is 0 Å². The number of piperidine rings is 2. The number of nitrogens with one attached hydrogen (secondary N) is 1. The van der Waals surface area contributed by atoms with Crippen LogP contribution in [0.2, 0.25) is 0 Å². The van der Waals surface area contributed by atoms with Gasteiger partial charge in [-0.2, -0.15) is 0 Å². The van der Waals surface area contributed by atoms with E-state index in [0.29, 0.717) is 0 Å². The third kappa shape index (κ3) is 14.0. The lowest BCUT2D eigenvalue weighted by molar-refractivity contribution is 0.277. The van der Waals surface area contributed by atoms with Crippen molar-refractivity contribution >= 4 is 0 Å². The van der Waals surface area contributed by atoms with E-state index in [1.54, 1.807) is 0 Å². The molecule has 112 valence electrons. The monoisotopic (exact) mass is 258 g/mol. The molecule has 0 bridgehead atoms. The third-order valence-corrected chi connectivity index (χ3v) is 3.21. The second-order valence-corrected chi connectivity index (χ2v) is 4.80. The van der Waals surface area contributed by atoms with Crippen molar-refractivity contribution in [2.24, 2.45) is 5.92 Å². The Hall–Kier alpha value is -0.0800. The zero-order chi connectivity index (χ0) is 14.2. The molecule has 2 rings (SSSR count). The number of likely N-dealkylation sites (tertiary alicyclic amines) is 1. The summed E-state index contributed by atoms with van der Waals surface area (Å²) in [5, 5.41) is 3.32. The molecule has 0 unspecified atom stereocenters. The summed E-state index contributed by atoms with van der Waals surface area (Å²) in [6, 6.07) is 0. The first-order valence-corrected chi connectivity index (χ1v) is 8.18. The van der Waals surface area contributed by atoms with Crippen LogP contribution >= 0.6 is 0 Å². The van der Waals surface area contributed by atoms with Gasteiger partial charge in [-0.1, -0.05) is 41.0 Å². The highest BCUT2D eigenvalue weighted by Crippen LogP contribution is 2.08. The molecule has 1 N–H and O–H groups in total. The van der Waals surface area contributed by atoms with Crippen LogP contribution in [0.1, 0.15) is 66.7 Å².